The van der Waals surface area contributed by atoms with E-state index >= 15 is 0 Å². The number of nitrogens with two attached hydrogens (primary N) is 1. The fourth-order valence-electron chi connectivity index (χ4n) is 4.37. The van der Waals surface area contributed by atoms with Gasteiger partial charge >= 0.3 is 5.97 Å². The lowest BCUT2D eigenvalue weighted by Crippen LogP contribution is -2.22. The lowest BCUT2D eigenvalue weighted by molar-refractivity contribution is -0.147. The van der Waals surface area contributed by atoms with E-state index < -0.39 is 0 Å². The van der Waals surface area contributed by atoms with Gasteiger partial charge in [-0.05, 0) is 55.6 Å². The van der Waals surface area contributed by atoms with Crippen LogP contribution in [0.25, 0.3) is 6.08 Å². The summed E-state index contributed by atoms with van der Waals surface area (Å²) in [5.74, 6) is 0.458. The summed E-state index contributed by atoms with van der Waals surface area (Å²) in [5.41, 5.74) is 11.3. The summed E-state index contributed by atoms with van der Waals surface area (Å²) < 4.78 is 5.63. The number of esters is 1. The first-order chi connectivity index (χ1) is 12.3. The van der Waals surface area contributed by atoms with Crippen LogP contribution >= 0.6 is 0 Å². The van der Waals surface area contributed by atoms with Crippen LogP contribution in [0.15, 0.2) is 30.4 Å². The Morgan fingerprint density at radius 3 is 2.77 bits per heavy atom. The van der Waals surface area contributed by atoms with Crippen LogP contribution in [0.3, 0.4) is 0 Å². The van der Waals surface area contributed by atoms with Crippen LogP contribution in [-0.4, -0.2) is 17.2 Å². The summed E-state index contributed by atoms with van der Waals surface area (Å²) in [5, 5.41) is 9.99. The Bertz CT molecular complexity index is 737. The normalized spacial score (nSPS) is 28.8. The molecule has 0 saturated heterocycles. The van der Waals surface area contributed by atoms with Crippen LogP contribution in [0.5, 0.6) is 0 Å². The zero-order valence-electron chi connectivity index (χ0n) is 15.7. The summed E-state index contributed by atoms with van der Waals surface area (Å²) in [4.78, 5) is 11.6. The van der Waals surface area contributed by atoms with Gasteiger partial charge in [0.2, 0.25) is 0 Å². The molecule has 1 aromatic carbocycles. The van der Waals surface area contributed by atoms with Crippen molar-refractivity contribution in [3.63, 3.8) is 0 Å². The van der Waals surface area contributed by atoms with Gasteiger partial charge in [0, 0.05) is 23.7 Å². The van der Waals surface area contributed by atoms with E-state index in [9.17, 15) is 9.90 Å². The largest absolute Gasteiger partial charge is 0.458 e. The van der Waals surface area contributed by atoms with Crippen molar-refractivity contribution in [1.82, 2.24) is 0 Å². The molecule has 0 bridgehead atoms. The minimum atomic E-state index is -0.317. The minimum Gasteiger partial charge on any atom is -0.458 e. The van der Waals surface area contributed by atoms with Gasteiger partial charge < -0.3 is 15.6 Å². The Balaban J connectivity index is 1.94. The number of aliphatic hydroxyl groups excluding tert-OH is 1. The molecule has 26 heavy (non-hydrogen) atoms. The highest BCUT2D eigenvalue weighted by Gasteiger charge is 2.30. The third-order valence-corrected chi connectivity index (χ3v) is 5.41. The highest BCUT2D eigenvalue weighted by molar-refractivity contribution is 5.72. The summed E-state index contributed by atoms with van der Waals surface area (Å²) in [6.07, 6.45) is 7.73. The van der Waals surface area contributed by atoms with Crippen LogP contribution in [0, 0.1) is 11.8 Å². The van der Waals surface area contributed by atoms with Gasteiger partial charge in [-0.2, -0.15) is 0 Å². The maximum Gasteiger partial charge on any atom is 0.303 e. The Hall–Kier alpha value is -2.07. The van der Waals surface area contributed by atoms with Gasteiger partial charge in [-0.25, -0.2) is 0 Å². The summed E-state index contributed by atoms with van der Waals surface area (Å²) in [6.45, 7) is 7.67. The Morgan fingerprint density at radius 1 is 1.31 bits per heavy atom. The molecule has 4 unspecified atom stereocenters. The van der Waals surface area contributed by atoms with Crippen molar-refractivity contribution < 1.29 is 14.6 Å². The Labute approximate surface area is 155 Å². The SMILES string of the molecule is C=C1CC(O)CC(/C=C/c2c(N)ccc3c2C(OC(C)=O)CC(C)C3)C1. The first kappa shape index (κ1) is 18.7. The lowest BCUT2D eigenvalue weighted by atomic mass is 9.79. The molecule has 0 amide bonds. The smallest absolute Gasteiger partial charge is 0.303 e. The van der Waals surface area contributed by atoms with Gasteiger partial charge in [0.25, 0.3) is 0 Å². The van der Waals surface area contributed by atoms with E-state index in [-0.39, 0.29) is 24.1 Å². The second kappa shape index (κ2) is 7.67. The predicted molar refractivity (Wildman–Crippen MR) is 104 cm³/mol. The van der Waals surface area contributed by atoms with Crippen LogP contribution in [0.4, 0.5) is 5.69 Å². The topological polar surface area (TPSA) is 72.6 Å². The van der Waals surface area contributed by atoms with E-state index in [1.54, 1.807) is 0 Å². The van der Waals surface area contributed by atoms with Crippen LogP contribution in [-0.2, 0) is 16.0 Å². The maximum atomic E-state index is 11.6. The van der Waals surface area contributed by atoms with Crippen molar-refractivity contribution >= 4 is 17.7 Å². The van der Waals surface area contributed by atoms with Crippen LogP contribution in [0.2, 0.25) is 0 Å². The molecular weight excluding hydrogens is 326 g/mol. The van der Waals surface area contributed by atoms with E-state index in [2.05, 4.69) is 31.7 Å². The quantitative estimate of drug-likeness (QED) is 0.484. The number of allylic oxidation sites excluding steroid dienone is 1. The van der Waals surface area contributed by atoms with Crippen LogP contribution in [0.1, 0.15) is 62.3 Å². The monoisotopic (exact) mass is 355 g/mol. The number of carbonyl (C=O) groups is 1. The number of aliphatic hydroxyl groups is 1. The standard InChI is InChI=1S/C22H29NO3/c1-13-8-16(12-18(25)10-13)4-6-19-20(23)7-5-17-9-14(2)11-21(22(17)19)26-15(3)24/h4-7,14,16,18,21,25H,1,8-12,23H2,2-3H3/b6-4+. The summed E-state index contributed by atoms with van der Waals surface area (Å²) in [6, 6.07) is 4.00. The number of nitrogen functional groups attached to an aromatic ring is 1. The van der Waals surface area contributed by atoms with E-state index in [0.29, 0.717) is 18.0 Å². The van der Waals surface area contributed by atoms with E-state index in [4.69, 9.17) is 10.5 Å². The molecular formula is C22H29NO3. The zero-order valence-corrected chi connectivity index (χ0v) is 15.7. The van der Waals surface area contributed by atoms with Gasteiger partial charge in [0.15, 0.2) is 0 Å². The fraction of sp³-hybridized carbons (Fsp3) is 0.500. The number of rotatable bonds is 3. The Kier molecular flexibility index (Phi) is 5.52. The van der Waals surface area contributed by atoms with E-state index in [1.165, 1.54) is 12.5 Å². The molecule has 2 aliphatic rings. The van der Waals surface area contributed by atoms with Crippen molar-refractivity contribution in [3.8, 4) is 0 Å². The van der Waals surface area contributed by atoms with Crippen molar-refractivity contribution in [2.75, 3.05) is 5.73 Å². The van der Waals surface area contributed by atoms with Crippen molar-refractivity contribution in [3.05, 3.63) is 47.1 Å². The predicted octanol–water partition coefficient (Wildman–Crippen LogP) is 4.19. The molecule has 1 aromatic rings. The molecule has 3 N–H and O–H groups in total. The van der Waals surface area contributed by atoms with Crippen molar-refractivity contribution in [2.45, 2.75) is 58.2 Å². The van der Waals surface area contributed by atoms with Crippen molar-refractivity contribution in [2.24, 2.45) is 11.8 Å². The molecule has 0 spiro atoms. The van der Waals surface area contributed by atoms with E-state index in [0.717, 1.165) is 42.4 Å². The molecule has 3 rings (SSSR count). The number of hydrogen-bond acceptors (Lipinski definition) is 4. The third-order valence-electron chi connectivity index (χ3n) is 5.41. The molecule has 0 aliphatic heterocycles. The first-order valence-corrected chi connectivity index (χ1v) is 9.44. The first-order valence-electron chi connectivity index (χ1n) is 9.44. The molecule has 0 aromatic heterocycles. The molecule has 0 radical (unpaired) electrons. The second-order valence-corrected chi connectivity index (χ2v) is 7.95. The summed E-state index contributed by atoms with van der Waals surface area (Å²) >= 11 is 0. The lowest BCUT2D eigenvalue weighted by Gasteiger charge is -2.31. The minimum absolute atomic E-state index is 0.249. The average molecular weight is 355 g/mol. The van der Waals surface area contributed by atoms with Gasteiger partial charge in [-0.15, -0.1) is 0 Å². The average Bonchev–Trinajstić information content (AvgIpc) is 2.52. The number of benzene rings is 1. The fourth-order valence-corrected chi connectivity index (χ4v) is 4.37. The molecule has 0 heterocycles. The zero-order chi connectivity index (χ0) is 18.8. The molecule has 4 heteroatoms. The van der Waals surface area contributed by atoms with Gasteiger partial charge in [-0.3, -0.25) is 4.79 Å². The third kappa shape index (κ3) is 4.18. The molecule has 2 aliphatic carbocycles. The molecule has 4 nitrogen and oxygen atoms in total. The molecule has 1 saturated carbocycles. The van der Waals surface area contributed by atoms with Gasteiger partial charge in [-0.1, -0.05) is 37.3 Å². The van der Waals surface area contributed by atoms with Gasteiger partial charge in [0.1, 0.15) is 6.10 Å². The molecule has 4 atom stereocenters. The molecule has 1 fully saturated rings. The molecule has 140 valence electrons. The van der Waals surface area contributed by atoms with E-state index in [1.807, 2.05) is 6.07 Å². The number of carbonyl (C=O) groups excluding carboxylic acids is 1. The number of anilines is 1. The second-order valence-electron chi connectivity index (χ2n) is 7.95. The van der Waals surface area contributed by atoms with Gasteiger partial charge in [0.05, 0.1) is 6.10 Å². The maximum absolute atomic E-state index is 11.6. The van der Waals surface area contributed by atoms with Crippen molar-refractivity contribution in [1.29, 1.82) is 0 Å². The summed E-state index contributed by atoms with van der Waals surface area (Å²) in [7, 11) is 0. The number of ether oxygens (including phenoxy) is 1. The van der Waals surface area contributed by atoms with Crippen LogP contribution < -0.4 is 5.73 Å². The number of hydrogen-bond donors (Lipinski definition) is 2. The highest BCUT2D eigenvalue weighted by atomic mass is 16.5. The number of fused-ring (bicyclic) bond motifs is 1. The Morgan fingerprint density at radius 2 is 2.08 bits per heavy atom. The highest BCUT2D eigenvalue weighted by Crippen LogP contribution is 2.40.